The molecule has 0 saturated heterocycles. The van der Waals surface area contributed by atoms with Gasteiger partial charge in [0.1, 0.15) is 13.2 Å². The van der Waals surface area contributed by atoms with Crippen molar-refractivity contribution in [2.45, 2.75) is 6.42 Å². The van der Waals surface area contributed by atoms with Crippen LogP contribution in [0.3, 0.4) is 0 Å². The Morgan fingerprint density at radius 2 is 1.74 bits per heavy atom. The average molecular weight is 423 g/mol. The Balaban J connectivity index is 2.22. The molecule has 13 heteroatoms. The second kappa shape index (κ2) is 11.9. The smallest absolute Gasteiger partial charge is 0.414 e. The number of alkyl carbamates (subject to hydrolysis) is 1. The summed E-state index contributed by atoms with van der Waals surface area (Å²) >= 11 is 11.9. The van der Waals surface area contributed by atoms with Crippen LogP contribution in [-0.2, 0) is 25.5 Å². The van der Waals surface area contributed by atoms with E-state index in [0.29, 0.717) is 15.6 Å². The van der Waals surface area contributed by atoms with Crippen molar-refractivity contribution in [3.05, 3.63) is 43.9 Å². The first kappa shape index (κ1) is 22.4. The maximum Gasteiger partial charge on any atom is 0.414 e. The fourth-order valence-electron chi connectivity index (χ4n) is 1.68. The minimum atomic E-state index is -0.985. The molecule has 1 rings (SSSR count). The highest BCUT2D eigenvalue weighted by molar-refractivity contribution is 6.36. The highest BCUT2D eigenvalue weighted by Gasteiger charge is 2.13. The van der Waals surface area contributed by atoms with Crippen LogP contribution in [0.2, 0.25) is 10.0 Å². The second-order valence-corrected chi connectivity index (χ2v) is 5.54. The predicted molar refractivity (Wildman–Crippen MR) is 94.3 cm³/mol. The molecule has 0 aliphatic rings. The fourth-order valence-corrected chi connectivity index (χ4v) is 2.21. The molecule has 1 aromatic rings. The Morgan fingerprint density at radius 1 is 1.11 bits per heavy atom. The van der Waals surface area contributed by atoms with Crippen molar-refractivity contribution in [2.75, 3.05) is 26.4 Å². The highest BCUT2D eigenvalue weighted by Crippen LogP contribution is 2.24. The molecule has 0 heterocycles. The van der Waals surface area contributed by atoms with Crippen molar-refractivity contribution in [3.63, 3.8) is 0 Å². The lowest BCUT2D eigenvalue weighted by Gasteiger charge is -2.10. The van der Waals surface area contributed by atoms with Gasteiger partial charge in [0, 0.05) is 10.0 Å². The number of amides is 2. The lowest BCUT2D eigenvalue weighted by atomic mass is 10.1. The number of hydrogen-bond acceptors (Lipinski definition) is 8. The number of nitrogens with zero attached hydrogens (tertiary/aromatic N) is 1. The van der Waals surface area contributed by atoms with Crippen LogP contribution in [0.1, 0.15) is 5.56 Å². The van der Waals surface area contributed by atoms with Gasteiger partial charge in [-0.2, -0.15) is 0 Å². The number of carbonyl (C=O) groups is 2. The van der Waals surface area contributed by atoms with Gasteiger partial charge in [-0.3, -0.25) is 20.8 Å². The molecular weight excluding hydrogens is 407 g/mol. The molecule has 0 aliphatic carbocycles. The Morgan fingerprint density at radius 3 is 2.37 bits per heavy atom. The molecule has 0 aromatic heterocycles. The average Bonchev–Trinajstić information content (AvgIpc) is 2.57. The van der Waals surface area contributed by atoms with Crippen molar-refractivity contribution in [3.8, 4) is 0 Å². The quantitative estimate of drug-likeness (QED) is 0.179. The number of halogens is 2. The molecule has 148 valence electrons. The van der Waals surface area contributed by atoms with Crippen LogP contribution in [0.4, 0.5) is 4.79 Å². The molecule has 27 heavy (non-hydrogen) atoms. The highest BCUT2D eigenvalue weighted by atomic mass is 35.5. The fraction of sp³-hybridized carbons (Fsp3) is 0.357. The molecule has 0 unspecified atom stereocenters. The lowest BCUT2D eigenvalue weighted by Crippen LogP contribution is -2.44. The number of hydrogen-bond donors (Lipinski definition) is 3. The Labute approximate surface area is 163 Å². The molecule has 0 spiro atoms. The predicted octanol–water partition coefficient (Wildman–Crippen LogP) is 1.54. The number of ether oxygens (including phenoxy) is 2. The van der Waals surface area contributed by atoms with E-state index in [1.54, 1.807) is 18.2 Å². The molecule has 0 saturated carbocycles. The van der Waals surface area contributed by atoms with Gasteiger partial charge in [0.25, 0.3) is 5.09 Å². The van der Waals surface area contributed by atoms with Gasteiger partial charge in [0.05, 0.1) is 19.6 Å². The van der Waals surface area contributed by atoms with Crippen molar-refractivity contribution in [1.29, 1.82) is 5.41 Å². The van der Waals surface area contributed by atoms with Gasteiger partial charge in [-0.25, -0.2) is 4.79 Å². The number of nitrogens with one attached hydrogen (secondary N) is 3. The Hall–Kier alpha value is -2.63. The molecule has 0 atom stereocenters. The Kier molecular flexibility index (Phi) is 9.86. The molecule has 0 radical (unpaired) electrons. The summed E-state index contributed by atoms with van der Waals surface area (Å²) in [7, 11) is 0. The van der Waals surface area contributed by atoms with E-state index < -0.39 is 23.0 Å². The van der Waals surface area contributed by atoms with Gasteiger partial charge in [-0.15, -0.1) is 10.1 Å². The van der Waals surface area contributed by atoms with Crippen LogP contribution in [0.15, 0.2) is 18.2 Å². The summed E-state index contributed by atoms with van der Waals surface area (Å²) in [5, 5.41) is 21.2. The van der Waals surface area contributed by atoms with Crippen molar-refractivity contribution in [2.24, 2.45) is 0 Å². The summed E-state index contributed by atoms with van der Waals surface area (Å²) < 4.78 is 9.60. The number of guanidine groups is 1. The lowest BCUT2D eigenvalue weighted by molar-refractivity contribution is -0.758. The van der Waals surface area contributed by atoms with Gasteiger partial charge in [-0.1, -0.05) is 29.3 Å². The summed E-state index contributed by atoms with van der Waals surface area (Å²) in [4.78, 5) is 37.2. The summed E-state index contributed by atoms with van der Waals surface area (Å²) in [6.07, 6.45) is -1.17. The van der Waals surface area contributed by atoms with E-state index >= 15 is 0 Å². The van der Waals surface area contributed by atoms with Gasteiger partial charge >= 0.3 is 6.09 Å². The third-order valence-corrected chi connectivity index (χ3v) is 3.48. The third kappa shape index (κ3) is 9.58. The van der Waals surface area contributed by atoms with Crippen LogP contribution >= 0.6 is 23.2 Å². The number of rotatable bonds is 9. The zero-order valence-corrected chi connectivity index (χ0v) is 15.3. The van der Waals surface area contributed by atoms with E-state index in [2.05, 4.69) is 10.2 Å². The van der Waals surface area contributed by atoms with Gasteiger partial charge in [0.15, 0.2) is 0 Å². The maximum absolute atomic E-state index is 11.9. The zero-order valence-electron chi connectivity index (χ0n) is 13.8. The van der Waals surface area contributed by atoms with E-state index in [4.69, 9.17) is 38.1 Å². The molecule has 0 aliphatic heterocycles. The van der Waals surface area contributed by atoms with Gasteiger partial charge in [-0.05, 0) is 17.7 Å². The topological polar surface area (TPSA) is 153 Å². The minimum absolute atomic E-state index is 0.0286. The molecule has 0 bridgehead atoms. The normalized spacial score (nSPS) is 10.0. The molecule has 3 N–H and O–H groups in total. The van der Waals surface area contributed by atoms with E-state index in [1.165, 1.54) is 0 Å². The molecular formula is C14H16Cl2N4O7. The van der Waals surface area contributed by atoms with E-state index in [1.807, 2.05) is 5.32 Å². The zero-order chi connectivity index (χ0) is 20.2. The van der Waals surface area contributed by atoms with Crippen LogP contribution in [0.5, 0.6) is 0 Å². The number of benzene rings is 1. The van der Waals surface area contributed by atoms with E-state index in [-0.39, 0.29) is 32.8 Å². The standard InChI is InChI=1S/C14H16Cl2N4O7/c15-10-2-1-3-11(16)9(10)8-12(21)18-13(17)19-14(22)26-6-4-25-5-7-27-20(23)24/h1-3H,4-8H2,(H3,17,18,19,21,22). The number of carbonyl (C=O) groups excluding carboxylic acids is 2. The van der Waals surface area contributed by atoms with Gasteiger partial charge < -0.3 is 14.3 Å². The summed E-state index contributed by atoms with van der Waals surface area (Å²) in [6, 6.07) is 4.77. The van der Waals surface area contributed by atoms with Crippen LogP contribution in [0, 0.1) is 15.5 Å². The maximum atomic E-state index is 11.9. The van der Waals surface area contributed by atoms with E-state index in [9.17, 15) is 19.7 Å². The minimum Gasteiger partial charge on any atom is -0.447 e. The SMILES string of the molecule is N=C(NC(=O)Cc1c(Cl)cccc1Cl)NC(=O)OCCOCCO[N+](=O)[O-]. The summed E-state index contributed by atoms with van der Waals surface area (Å²) in [5.74, 6) is -1.20. The molecule has 1 aromatic carbocycles. The van der Waals surface area contributed by atoms with Crippen LogP contribution in [0.25, 0.3) is 0 Å². The molecule has 2 amide bonds. The van der Waals surface area contributed by atoms with Gasteiger partial charge in [0.2, 0.25) is 11.9 Å². The van der Waals surface area contributed by atoms with Crippen LogP contribution in [-0.4, -0.2) is 49.5 Å². The third-order valence-electron chi connectivity index (χ3n) is 2.78. The monoisotopic (exact) mass is 422 g/mol. The van der Waals surface area contributed by atoms with Crippen molar-refractivity contribution >= 4 is 41.2 Å². The Bertz CT molecular complexity index is 682. The molecule has 0 fully saturated rings. The van der Waals surface area contributed by atoms with Crippen LogP contribution < -0.4 is 10.6 Å². The second-order valence-electron chi connectivity index (χ2n) is 4.73. The van der Waals surface area contributed by atoms with Crippen molar-refractivity contribution in [1.82, 2.24) is 10.6 Å². The van der Waals surface area contributed by atoms with Crippen molar-refractivity contribution < 1.29 is 29.0 Å². The summed E-state index contributed by atoms with van der Waals surface area (Å²) in [5.41, 5.74) is 0.395. The first-order valence-electron chi connectivity index (χ1n) is 7.39. The molecule has 11 nitrogen and oxygen atoms in total. The first-order valence-corrected chi connectivity index (χ1v) is 8.15. The first-order chi connectivity index (χ1) is 12.8. The van der Waals surface area contributed by atoms with E-state index in [0.717, 1.165) is 0 Å². The largest absolute Gasteiger partial charge is 0.447 e. The summed E-state index contributed by atoms with van der Waals surface area (Å²) in [6.45, 7) is -0.492.